The van der Waals surface area contributed by atoms with Gasteiger partial charge in [-0.1, -0.05) is 19.9 Å². The van der Waals surface area contributed by atoms with Crippen molar-refractivity contribution in [2.75, 3.05) is 7.05 Å². The predicted molar refractivity (Wildman–Crippen MR) is 89.3 cm³/mol. The lowest BCUT2D eigenvalue weighted by Gasteiger charge is -2.20. The van der Waals surface area contributed by atoms with E-state index in [0.717, 1.165) is 9.75 Å². The molecule has 116 valence electrons. The molecule has 0 bridgehead atoms. The van der Waals surface area contributed by atoms with Crippen molar-refractivity contribution in [1.82, 2.24) is 10.0 Å². The van der Waals surface area contributed by atoms with Crippen LogP contribution < -0.4 is 10.0 Å². The van der Waals surface area contributed by atoms with E-state index in [1.165, 1.54) is 11.3 Å². The summed E-state index contributed by atoms with van der Waals surface area (Å²) >= 11 is 2.88. The Morgan fingerprint density at radius 3 is 2.57 bits per heavy atom. The van der Waals surface area contributed by atoms with E-state index < -0.39 is 10.0 Å². The molecule has 1 atom stereocenters. The van der Waals surface area contributed by atoms with Crippen LogP contribution in [0.15, 0.2) is 33.9 Å². The van der Waals surface area contributed by atoms with Gasteiger partial charge >= 0.3 is 0 Å². The molecule has 21 heavy (non-hydrogen) atoms. The van der Waals surface area contributed by atoms with Gasteiger partial charge in [-0.25, -0.2) is 13.1 Å². The molecular formula is C14H20N2O2S3. The highest BCUT2D eigenvalue weighted by atomic mass is 32.2. The molecule has 0 amide bonds. The Morgan fingerprint density at radius 1 is 1.24 bits per heavy atom. The van der Waals surface area contributed by atoms with Crippen molar-refractivity contribution in [3.8, 4) is 0 Å². The highest BCUT2D eigenvalue weighted by Crippen LogP contribution is 2.29. The molecule has 2 aromatic rings. The van der Waals surface area contributed by atoms with Gasteiger partial charge in [-0.3, -0.25) is 0 Å². The summed E-state index contributed by atoms with van der Waals surface area (Å²) in [7, 11) is -1.64. The quantitative estimate of drug-likeness (QED) is 0.811. The Balaban J connectivity index is 2.22. The molecule has 0 aliphatic heterocycles. The monoisotopic (exact) mass is 344 g/mol. The van der Waals surface area contributed by atoms with Gasteiger partial charge in [0.2, 0.25) is 0 Å². The molecule has 2 aromatic heterocycles. The minimum absolute atomic E-state index is 0.190. The van der Waals surface area contributed by atoms with Crippen molar-refractivity contribution in [1.29, 1.82) is 0 Å². The van der Waals surface area contributed by atoms with E-state index >= 15 is 0 Å². The van der Waals surface area contributed by atoms with E-state index in [9.17, 15) is 8.42 Å². The van der Waals surface area contributed by atoms with Crippen LogP contribution in [0.4, 0.5) is 0 Å². The standard InChI is InChI=1S/C14H20N2O2S3/c1-10(2)14(12-5-4-8-19-12)16-21(17,18)13-7-6-11(20-13)9-15-3/h4-8,10,14-16H,9H2,1-3H3. The molecular weight excluding hydrogens is 324 g/mol. The second-order valence-electron chi connectivity index (χ2n) is 5.11. The molecule has 0 spiro atoms. The first-order chi connectivity index (χ1) is 9.94. The third kappa shape index (κ3) is 4.14. The second kappa shape index (κ2) is 7.02. The van der Waals surface area contributed by atoms with Gasteiger partial charge in [0.15, 0.2) is 0 Å². The third-order valence-corrected chi connectivity index (χ3v) is 7.02. The van der Waals surface area contributed by atoms with Crippen LogP contribution in [0.25, 0.3) is 0 Å². The molecule has 0 radical (unpaired) electrons. The van der Waals surface area contributed by atoms with Gasteiger partial charge in [0.05, 0.1) is 6.04 Å². The van der Waals surface area contributed by atoms with E-state index in [-0.39, 0.29) is 12.0 Å². The molecule has 1 unspecified atom stereocenters. The summed E-state index contributed by atoms with van der Waals surface area (Å²) < 4.78 is 28.3. The lowest BCUT2D eigenvalue weighted by atomic mass is 10.0. The zero-order valence-electron chi connectivity index (χ0n) is 12.3. The lowest BCUT2D eigenvalue weighted by molar-refractivity contribution is 0.469. The predicted octanol–water partition coefficient (Wildman–Crippen LogP) is 3.20. The van der Waals surface area contributed by atoms with Crippen LogP contribution in [0.1, 0.15) is 29.6 Å². The first kappa shape index (κ1) is 16.6. The van der Waals surface area contributed by atoms with Crippen LogP contribution in [0, 0.1) is 5.92 Å². The molecule has 0 fully saturated rings. The molecule has 7 heteroatoms. The number of thiophene rings is 2. The average Bonchev–Trinajstić information content (AvgIpc) is 3.07. The molecule has 0 aromatic carbocycles. The molecule has 2 rings (SSSR count). The fourth-order valence-corrected chi connectivity index (χ4v) is 5.76. The van der Waals surface area contributed by atoms with Gasteiger partial charge in [0.25, 0.3) is 10.0 Å². The van der Waals surface area contributed by atoms with Crippen molar-refractivity contribution in [2.45, 2.75) is 30.6 Å². The summed E-state index contributed by atoms with van der Waals surface area (Å²) in [6.07, 6.45) is 0. The van der Waals surface area contributed by atoms with Gasteiger partial charge in [0.1, 0.15) is 4.21 Å². The Kier molecular flexibility index (Phi) is 5.56. The molecule has 0 aliphatic rings. The zero-order chi connectivity index (χ0) is 15.5. The summed E-state index contributed by atoms with van der Waals surface area (Å²) in [4.78, 5) is 2.05. The van der Waals surface area contributed by atoms with Crippen LogP contribution in [0.2, 0.25) is 0 Å². The molecule has 0 saturated heterocycles. The summed E-state index contributed by atoms with van der Waals surface area (Å²) in [5.74, 6) is 0.190. The first-order valence-electron chi connectivity index (χ1n) is 6.73. The van der Waals surface area contributed by atoms with Crippen LogP contribution in [-0.2, 0) is 16.6 Å². The van der Waals surface area contributed by atoms with Crippen molar-refractivity contribution >= 4 is 32.7 Å². The minimum Gasteiger partial charge on any atom is -0.315 e. The molecule has 4 nitrogen and oxygen atoms in total. The Morgan fingerprint density at radius 2 is 2.00 bits per heavy atom. The molecule has 2 N–H and O–H groups in total. The zero-order valence-corrected chi connectivity index (χ0v) is 14.7. The highest BCUT2D eigenvalue weighted by molar-refractivity contribution is 7.91. The van der Waals surface area contributed by atoms with E-state index in [1.807, 2.05) is 44.5 Å². The maximum Gasteiger partial charge on any atom is 0.250 e. The van der Waals surface area contributed by atoms with Crippen LogP contribution >= 0.6 is 22.7 Å². The summed E-state index contributed by atoms with van der Waals surface area (Å²) in [6.45, 7) is 4.72. The van der Waals surface area contributed by atoms with E-state index in [2.05, 4.69) is 10.0 Å². The van der Waals surface area contributed by atoms with Gasteiger partial charge in [-0.15, -0.1) is 22.7 Å². The SMILES string of the molecule is CNCc1ccc(S(=O)(=O)NC(c2cccs2)C(C)C)s1. The van der Waals surface area contributed by atoms with Crippen molar-refractivity contribution in [3.05, 3.63) is 39.4 Å². The number of sulfonamides is 1. The van der Waals surface area contributed by atoms with Crippen molar-refractivity contribution in [3.63, 3.8) is 0 Å². The average molecular weight is 345 g/mol. The maximum atomic E-state index is 12.5. The topological polar surface area (TPSA) is 58.2 Å². The minimum atomic E-state index is -3.48. The number of hydrogen-bond acceptors (Lipinski definition) is 5. The summed E-state index contributed by atoms with van der Waals surface area (Å²) in [6, 6.07) is 7.25. The second-order valence-corrected chi connectivity index (χ2v) is 9.20. The number of rotatable bonds is 7. The van der Waals surface area contributed by atoms with E-state index in [1.54, 1.807) is 17.4 Å². The normalized spacial score (nSPS) is 13.7. The van der Waals surface area contributed by atoms with Gasteiger partial charge in [0, 0.05) is 16.3 Å². The lowest BCUT2D eigenvalue weighted by Crippen LogP contribution is -2.30. The Hall–Kier alpha value is -0.730. The van der Waals surface area contributed by atoms with Gasteiger partial charge in [-0.05, 0) is 36.5 Å². The molecule has 0 saturated carbocycles. The van der Waals surface area contributed by atoms with Crippen LogP contribution in [0.3, 0.4) is 0 Å². The fraction of sp³-hybridized carbons (Fsp3) is 0.429. The van der Waals surface area contributed by atoms with Gasteiger partial charge < -0.3 is 5.32 Å². The summed E-state index contributed by atoms with van der Waals surface area (Å²) in [5, 5.41) is 4.99. The number of hydrogen-bond donors (Lipinski definition) is 2. The highest BCUT2D eigenvalue weighted by Gasteiger charge is 2.25. The molecule has 2 heterocycles. The Labute approximate surface area is 134 Å². The largest absolute Gasteiger partial charge is 0.315 e. The smallest absolute Gasteiger partial charge is 0.250 e. The van der Waals surface area contributed by atoms with Crippen LogP contribution in [0.5, 0.6) is 0 Å². The van der Waals surface area contributed by atoms with E-state index in [4.69, 9.17) is 0 Å². The maximum absolute atomic E-state index is 12.5. The van der Waals surface area contributed by atoms with Crippen LogP contribution in [-0.4, -0.2) is 15.5 Å². The first-order valence-corrected chi connectivity index (χ1v) is 9.91. The Bertz CT molecular complexity index is 660. The fourth-order valence-electron chi connectivity index (χ4n) is 1.99. The molecule has 0 aliphatic carbocycles. The van der Waals surface area contributed by atoms with E-state index in [0.29, 0.717) is 10.8 Å². The summed E-state index contributed by atoms with van der Waals surface area (Å²) in [5.41, 5.74) is 0. The third-order valence-electron chi connectivity index (χ3n) is 3.05. The number of nitrogens with one attached hydrogen (secondary N) is 2. The van der Waals surface area contributed by atoms with Crippen molar-refractivity contribution in [2.24, 2.45) is 5.92 Å². The van der Waals surface area contributed by atoms with Crippen molar-refractivity contribution < 1.29 is 8.42 Å². The van der Waals surface area contributed by atoms with Gasteiger partial charge in [-0.2, -0.15) is 0 Å².